The van der Waals surface area contributed by atoms with E-state index in [9.17, 15) is 0 Å². The van der Waals surface area contributed by atoms with E-state index in [0.717, 1.165) is 31.9 Å². The van der Waals surface area contributed by atoms with Crippen molar-refractivity contribution < 1.29 is 0 Å². The molecule has 2 heterocycles. The number of hydrogen-bond donors (Lipinski definition) is 1. The Morgan fingerprint density at radius 3 is 3.06 bits per heavy atom. The van der Waals surface area contributed by atoms with Gasteiger partial charge in [0.1, 0.15) is 5.82 Å². The minimum absolute atomic E-state index is 0.865. The van der Waals surface area contributed by atoms with Gasteiger partial charge in [-0.1, -0.05) is 13.0 Å². The van der Waals surface area contributed by atoms with Crippen molar-refractivity contribution in [1.82, 2.24) is 19.9 Å². The van der Waals surface area contributed by atoms with Crippen molar-refractivity contribution in [3.8, 4) is 0 Å². The zero-order valence-corrected chi connectivity index (χ0v) is 10.1. The Bertz CT molecular complexity index is 436. The summed E-state index contributed by atoms with van der Waals surface area (Å²) in [7, 11) is 0. The maximum atomic E-state index is 4.30. The lowest BCUT2D eigenvalue weighted by atomic mass is 10.3. The molecule has 0 radical (unpaired) electrons. The first-order valence-corrected chi connectivity index (χ1v) is 5.99. The van der Waals surface area contributed by atoms with E-state index in [4.69, 9.17) is 0 Å². The molecule has 90 valence electrons. The van der Waals surface area contributed by atoms with Gasteiger partial charge >= 0.3 is 0 Å². The van der Waals surface area contributed by atoms with Gasteiger partial charge in [0.2, 0.25) is 0 Å². The average Bonchev–Trinajstić information content (AvgIpc) is 2.83. The van der Waals surface area contributed by atoms with Crippen LogP contribution in [0.1, 0.15) is 18.3 Å². The second kappa shape index (κ2) is 6.15. The van der Waals surface area contributed by atoms with Crippen LogP contribution >= 0.6 is 0 Å². The maximum Gasteiger partial charge on any atom is 0.108 e. The molecule has 0 aliphatic carbocycles. The number of nitrogens with one attached hydrogen (secondary N) is 1. The summed E-state index contributed by atoms with van der Waals surface area (Å²) in [6.07, 6.45) is 8.56. The summed E-state index contributed by atoms with van der Waals surface area (Å²) in [5, 5.41) is 3.40. The largest absolute Gasteiger partial charge is 0.334 e. The lowest BCUT2D eigenvalue weighted by molar-refractivity contribution is 0.580. The van der Waals surface area contributed by atoms with Gasteiger partial charge < -0.3 is 9.88 Å². The molecule has 0 saturated heterocycles. The van der Waals surface area contributed by atoms with Gasteiger partial charge in [-0.3, -0.25) is 4.98 Å². The Hall–Kier alpha value is -1.68. The van der Waals surface area contributed by atoms with Crippen molar-refractivity contribution in [3.63, 3.8) is 0 Å². The predicted octanol–water partition coefficient (Wildman–Crippen LogP) is 1.63. The van der Waals surface area contributed by atoms with E-state index in [0.29, 0.717) is 0 Å². The molecule has 2 aromatic heterocycles. The van der Waals surface area contributed by atoms with Crippen LogP contribution in [0.4, 0.5) is 0 Å². The van der Waals surface area contributed by atoms with Gasteiger partial charge in [-0.2, -0.15) is 0 Å². The normalized spacial score (nSPS) is 10.6. The summed E-state index contributed by atoms with van der Waals surface area (Å²) in [4.78, 5) is 8.38. The molecule has 0 fully saturated rings. The van der Waals surface area contributed by atoms with Crippen LogP contribution in [0.25, 0.3) is 0 Å². The summed E-state index contributed by atoms with van der Waals surface area (Å²) in [6, 6.07) is 4.04. The van der Waals surface area contributed by atoms with Crippen LogP contribution in [0.5, 0.6) is 0 Å². The van der Waals surface area contributed by atoms with Gasteiger partial charge in [0.05, 0.1) is 0 Å². The van der Waals surface area contributed by atoms with E-state index in [1.165, 1.54) is 5.56 Å². The molecule has 0 atom stereocenters. The Kier molecular flexibility index (Phi) is 4.27. The molecule has 1 N–H and O–H groups in total. The van der Waals surface area contributed by atoms with Crippen LogP contribution < -0.4 is 5.32 Å². The zero-order chi connectivity index (χ0) is 11.9. The molecule has 0 spiro atoms. The van der Waals surface area contributed by atoms with Gasteiger partial charge in [-0.15, -0.1) is 0 Å². The number of imidazole rings is 1. The van der Waals surface area contributed by atoms with E-state index < -0.39 is 0 Å². The van der Waals surface area contributed by atoms with Gasteiger partial charge in [0.15, 0.2) is 0 Å². The molecule has 2 aromatic rings. The topological polar surface area (TPSA) is 42.7 Å². The quantitative estimate of drug-likeness (QED) is 0.767. The van der Waals surface area contributed by atoms with E-state index >= 15 is 0 Å². The minimum Gasteiger partial charge on any atom is -0.334 e. The standard InChI is InChI=1S/C13H18N4/c1-2-13-16-7-9-17(13)8-6-15-11-12-4-3-5-14-10-12/h3-5,7,9-10,15H,2,6,8,11H2,1H3. The summed E-state index contributed by atoms with van der Waals surface area (Å²) in [5.74, 6) is 1.15. The Morgan fingerprint density at radius 1 is 1.35 bits per heavy atom. The molecule has 0 unspecified atom stereocenters. The van der Waals surface area contributed by atoms with Crippen LogP contribution in [0.15, 0.2) is 36.9 Å². The smallest absolute Gasteiger partial charge is 0.108 e. The third kappa shape index (κ3) is 3.39. The first kappa shape index (κ1) is 11.8. The van der Waals surface area contributed by atoms with Crippen LogP contribution in [0.3, 0.4) is 0 Å². The van der Waals surface area contributed by atoms with E-state index in [2.05, 4.69) is 32.8 Å². The fourth-order valence-electron chi connectivity index (χ4n) is 1.79. The lowest BCUT2D eigenvalue weighted by Gasteiger charge is -2.07. The van der Waals surface area contributed by atoms with Crippen molar-refractivity contribution in [2.45, 2.75) is 26.4 Å². The predicted molar refractivity (Wildman–Crippen MR) is 67.5 cm³/mol. The van der Waals surface area contributed by atoms with E-state index in [1.807, 2.05) is 24.7 Å². The molecule has 0 aromatic carbocycles. The molecule has 4 nitrogen and oxygen atoms in total. The summed E-state index contributed by atoms with van der Waals surface area (Å²) >= 11 is 0. The maximum absolute atomic E-state index is 4.30. The third-order valence-corrected chi connectivity index (χ3v) is 2.70. The number of aryl methyl sites for hydroxylation is 1. The highest BCUT2D eigenvalue weighted by Crippen LogP contribution is 1.98. The van der Waals surface area contributed by atoms with Crippen LogP contribution in [-0.2, 0) is 19.5 Å². The molecule has 2 rings (SSSR count). The molecular weight excluding hydrogens is 212 g/mol. The van der Waals surface area contributed by atoms with Crippen molar-refractivity contribution in [2.75, 3.05) is 6.54 Å². The third-order valence-electron chi connectivity index (χ3n) is 2.70. The first-order chi connectivity index (χ1) is 8.40. The molecule has 17 heavy (non-hydrogen) atoms. The lowest BCUT2D eigenvalue weighted by Crippen LogP contribution is -2.20. The van der Waals surface area contributed by atoms with Crippen molar-refractivity contribution in [3.05, 3.63) is 48.3 Å². The Morgan fingerprint density at radius 2 is 2.29 bits per heavy atom. The highest BCUT2D eigenvalue weighted by atomic mass is 15.1. The monoisotopic (exact) mass is 230 g/mol. The van der Waals surface area contributed by atoms with Gasteiger partial charge in [0.25, 0.3) is 0 Å². The van der Waals surface area contributed by atoms with Crippen LogP contribution in [0.2, 0.25) is 0 Å². The molecule has 0 amide bonds. The van der Waals surface area contributed by atoms with Crippen LogP contribution in [0, 0.1) is 0 Å². The molecule has 0 aliphatic heterocycles. The molecule has 0 saturated carbocycles. The summed E-state index contributed by atoms with van der Waals surface area (Å²) < 4.78 is 2.19. The van der Waals surface area contributed by atoms with Crippen molar-refractivity contribution in [2.24, 2.45) is 0 Å². The Balaban J connectivity index is 1.73. The first-order valence-electron chi connectivity index (χ1n) is 5.99. The summed E-state index contributed by atoms with van der Waals surface area (Å²) in [5.41, 5.74) is 1.22. The van der Waals surface area contributed by atoms with Crippen LogP contribution in [-0.4, -0.2) is 21.1 Å². The van der Waals surface area contributed by atoms with Gasteiger partial charge in [0, 0.05) is 50.8 Å². The number of nitrogens with zero attached hydrogens (tertiary/aromatic N) is 3. The molecule has 0 aliphatic rings. The highest BCUT2D eigenvalue weighted by molar-refractivity contribution is 5.07. The zero-order valence-electron chi connectivity index (χ0n) is 10.1. The van der Waals surface area contributed by atoms with E-state index in [-0.39, 0.29) is 0 Å². The highest BCUT2D eigenvalue weighted by Gasteiger charge is 1.98. The number of pyridine rings is 1. The molecular formula is C13H18N4. The minimum atomic E-state index is 0.865. The van der Waals surface area contributed by atoms with Crippen molar-refractivity contribution in [1.29, 1.82) is 0 Å². The second-order valence-electron chi connectivity index (χ2n) is 3.93. The number of rotatable bonds is 6. The average molecular weight is 230 g/mol. The fraction of sp³-hybridized carbons (Fsp3) is 0.385. The second-order valence-corrected chi connectivity index (χ2v) is 3.93. The molecule has 4 heteroatoms. The van der Waals surface area contributed by atoms with Gasteiger partial charge in [-0.25, -0.2) is 4.98 Å². The van der Waals surface area contributed by atoms with E-state index in [1.54, 1.807) is 6.20 Å². The molecule has 0 bridgehead atoms. The summed E-state index contributed by atoms with van der Waals surface area (Å²) in [6.45, 7) is 4.90. The van der Waals surface area contributed by atoms with Gasteiger partial charge in [-0.05, 0) is 11.6 Å². The fourth-order valence-corrected chi connectivity index (χ4v) is 1.79. The number of hydrogen-bond acceptors (Lipinski definition) is 3. The SMILES string of the molecule is CCc1nccn1CCNCc1cccnc1. The van der Waals surface area contributed by atoms with Crippen molar-refractivity contribution >= 4 is 0 Å². The number of aromatic nitrogens is 3. The Labute approximate surface area is 102 Å².